The Morgan fingerprint density at radius 2 is 2.05 bits per heavy atom. The van der Waals surface area contributed by atoms with Crippen LogP contribution in [0.3, 0.4) is 0 Å². The summed E-state index contributed by atoms with van der Waals surface area (Å²) in [4.78, 5) is 14.9. The molecule has 0 atom stereocenters. The van der Waals surface area contributed by atoms with Crippen molar-refractivity contribution in [3.63, 3.8) is 0 Å². The van der Waals surface area contributed by atoms with Crippen molar-refractivity contribution < 1.29 is 9.90 Å². The van der Waals surface area contributed by atoms with Crippen molar-refractivity contribution in [2.75, 3.05) is 0 Å². The van der Waals surface area contributed by atoms with Crippen LogP contribution >= 0.6 is 0 Å². The van der Waals surface area contributed by atoms with E-state index in [1.807, 2.05) is 54.9 Å². The van der Waals surface area contributed by atoms with E-state index in [-0.39, 0.29) is 0 Å². The topological polar surface area (TPSA) is 55.1 Å². The van der Waals surface area contributed by atoms with Crippen LogP contribution in [0.1, 0.15) is 11.1 Å². The smallest absolute Gasteiger partial charge is 0.328 e. The molecule has 0 aliphatic rings. The van der Waals surface area contributed by atoms with E-state index in [0.717, 1.165) is 28.2 Å². The third-order valence-electron chi connectivity index (χ3n) is 3.25. The number of carbonyl (C=O) groups is 1. The normalized spacial score (nSPS) is 11.2. The third-order valence-corrected chi connectivity index (χ3v) is 3.25. The zero-order chi connectivity index (χ0) is 14.7. The van der Waals surface area contributed by atoms with Gasteiger partial charge >= 0.3 is 5.97 Å². The van der Waals surface area contributed by atoms with Crippen LogP contribution in [0.25, 0.3) is 17.1 Å². The maximum atomic E-state index is 10.6. The molecule has 0 aliphatic carbocycles. The maximum absolute atomic E-state index is 10.6. The Bertz CT molecular complexity index is 818. The summed E-state index contributed by atoms with van der Waals surface area (Å²) in [6.45, 7) is 0.704. The van der Waals surface area contributed by atoms with Gasteiger partial charge in [0.25, 0.3) is 0 Å². The van der Waals surface area contributed by atoms with Crippen LogP contribution in [0.4, 0.5) is 0 Å². The van der Waals surface area contributed by atoms with E-state index >= 15 is 0 Å². The molecule has 21 heavy (non-hydrogen) atoms. The Kier molecular flexibility index (Phi) is 3.51. The van der Waals surface area contributed by atoms with Gasteiger partial charge in [0.05, 0.1) is 17.4 Å². The third kappa shape index (κ3) is 3.00. The van der Waals surface area contributed by atoms with Gasteiger partial charge in [-0.15, -0.1) is 0 Å². The summed E-state index contributed by atoms with van der Waals surface area (Å²) in [7, 11) is 0. The number of hydrogen-bond acceptors (Lipinski definition) is 2. The average Bonchev–Trinajstić information content (AvgIpc) is 2.89. The average molecular weight is 278 g/mol. The van der Waals surface area contributed by atoms with Crippen molar-refractivity contribution in [3.05, 3.63) is 72.1 Å². The van der Waals surface area contributed by atoms with Gasteiger partial charge in [-0.25, -0.2) is 9.78 Å². The fourth-order valence-corrected chi connectivity index (χ4v) is 2.30. The van der Waals surface area contributed by atoms with Crippen LogP contribution in [0.2, 0.25) is 0 Å². The van der Waals surface area contributed by atoms with E-state index in [9.17, 15) is 4.79 Å². The molecule has 0 unspecified atom stereocenters. The molecule has 1 aromatic heterocycles. The number of imidazole rings is 1. The lowest BCUT2D eigenvalue weighted by atomic mass is 10.1. The molecule has 0 radical (unpaired) electrons. The van der Waals surface area contributed by atoms with Crippen molar-refractivity contribution in [3.8, 4) is 0 Å². The molecule has 104 valence electrons. The molecule has 4 nitrogen and oxygen atoms in total. The Morgan fingerprint density at radius 3 is 2.90 bits per heavy atom. The molecule has 1 heterocycles. The van der Waals surface area contributed by atoms with Crippen LogP contribution in [0.15, 0.2) is 60.9 Å². The summed E-state index contributed by atoms with van der Waals surface area (Å²) in [5, 5.41) is 8.67. The molecule has 0 saturated heterocycles. The monoisotopic (exact) mass is 278 g/mol. The Labute approximate surface area is 122 Å². The van der Waals surface area contributed by atoms with E-state index in [0.29, 0.717) is 6.54 Å². The quantitative estimate of drug-likeness (QED) is 0.746. The van der Waals surface area contributed by atoms with Crippen molar-refractivity contribution in [2.24, 2.45) is 0 Å². The number of fused-ring (bicyclic) bond motifs is 1. The van der Waals surface area contributed by atoms with Gasteiger partial charge in [-0.05, 0) is 35.4 Å². The second-order valence-electron chi connectivity index (χ2n) is 4.78. The Hall–Kier alpha value is -2.88. The van der Waals surface area contributed by atoms with E-state index in [1.54, 1.807) is 6.08 Å². The Balaban J connectivity index is 1.88. The summed E-state index contributed by atoms with van der Waals surface area (Å²) in [5.41, 5.74) is 4.04. The van der Waals surface area contributed by atoms with Crippen molar-refractivity contribution >= 4 is 23.1 Å². The molecule has 1 N–H and O–H groups in total. The molecule has 3 aromatic rings. The molecule has 0 aliphatic heterocycles. The summed E-state index contributed by atoms with van der Waals surface area (Å²) in [5.74, 6) is -0.944. The standard InChI is InChI=1S/C17H14N2O2/c20-17(21)9-8-13-4-3-5-14(10-13)11-19-12-18-15-6-1-2-7-16(15)19/h1-10,12H,11H2,(H,20,21). The fraction of sp³-hybridized carbons (Fsp3) is 0.0588. The minimum atomic E-state index is -0.944. The van der Waals surface area contributed by atoms with E-state index in [1.165, 1.54) is 0 Å². The van der Waals surface area contributed by atoms with E-state index < -0.39 is 5.97 Å². The first-order valence-corrected chi connectivity index (χ1v) is 6.62. The van der Waals surface area contributed by atoms with Crippen LogP contribution in [0, 0.1) is 0 Å². The molecular formula is C17H14N2O2. The highest BCUT2D eigenvalue weighted by molar-refractivity contribution is 5.85. The van der Waals surface area contributed by atoms with Crippen LogP contribution in [-0.4, -0.2) is 20.6 Å². The highest BCUT2D eigenvalue weighted by Crippen LogP contribution is 2.15. The molecule has 3 rings (SSSR count). The first-order valence-electron chi connectivity index (χ1n) is 6.62. The molecule has 4 heteroatoms. The van der Waals surface area contributed by atoms with Crippen molar-refractivity contribution in [2.45, 2.75) is 6.54 Å². The first kappa shape index (κ1) is 13.1. The molecule has 0 saturated carbocycles. The van der Waals surface area contributed by atoms with Gasteiger partial charge in [0.15, 0.2) is 0 Å². The van der Waals surface area contributed by atoms with Gasteiger partial charge in [0, 0.05) is 12.6 Å². The number of rotatable bonds is 4. The number of benzene rings is 2. The van der Waals surface area contributed by atoms with Gasteiger partial charge in [-0.1, -0.05) is 30.3 Å². The lowest BCUT2D eigenvalue weighted by molar-refractivity contribution is -0.131. The van der Waals surface area contributed by atoms with Crippen LogP contribution in [0.5, 0.6) is 0 Å². The number of para-hydroxylation sites is 2. The molecule has 0 fully saturated rings. The molecule has 0 spiro atoms. The molecule has 2 aromatic carbocycles. The molecule has 0 bridgehead atoms. The highest BCUT2D eigenvalue weighted by Gasteiger charge is 2.02. The lowest BCUT2D eigenvalue weighted by Gasteiger charge is -2.05. The molecular weight excluding hydrogens is 264 g/mol. The van der Waals surface area contributed by atoms with Crippen LogP contribution in [-0.2, 0) is 11.3 Å². The summed E-state index contributed by atoms with van der Waals surface area (Å²) >= 11 is 0. The lowest BCUT2D eigenvalue weighted by Crippen LogP contribution is -1.98. The summed E-state index contributed by atoms with van der Waals surface area (Å²) < 4.78 is 2.08. The zero-order valence-electron chi connectivity index (χ0n) is 11.3. The summed E-state index contributed by atoms with van der Waals surface area (Å²) in [6, 6.07) is 15.8. The number of aliphatic carboxylic acids is 1. The summed E-state index contributed by atoms with van der Waals surface area (Å²) in [6.07, 6.45) is 4.56. The Morgan fingerprint density at radius 1 is 1.19 bits per heavy atom. The van der Waals surface area contributed by atoms with Gasteiger partial charge < -0.3 is 9.67 Å². The van der Waals surface area contributed by atoms with Gasteiger partial charge in [-0.2, -0.15) is 0 Å². The number of aromatic nitrogens is 2. The molecule has 0 amide bonds. The number of hydrogen-bond donors (Lipinski definition) is 1. The van der Waals surface area contributed by atoms with Crippen LogP contribution < -0.4 is 0 Å². The minimum Gasteiger partial charge on any atom is -0.478 e. The van der Waals surface area contributed by atoms with Crippen molar-refractivity contribution in [1.29, 1.82) is 0 Å². The number of carboxylic acids is 1. The van der Waals surface area contributed by atoms with Gasteiger partial charge in [0.1, 0.15) is 0 Å². The highest BCUT2D eigenvalue weighted by atomic mass is 16.4. The zero-order valence-corrected chi connectivity index (χ0v) is 11.3. The van der Waals surface area contributed by atoms with Gasteiger partial charge in [-0.3, -0.25) is 0 Å². The van der Waals surface area contributed by atoms with E-state index in [2.05, 4.69) is 9.55 Å². The maximum Gasteiger partial charge on any atom is 0.328 e. The number of nitrogens with zero attached hydrogens (tertiary/aromatic N) is 2. The second kappa shape index (κ2) is 5.63. The predicted octanol–water partition coefficient (Wildman–Crippen LogP) is 3.18. The first-order chi connectivity index (χ1) is 10.2. The number of carboxylic acid groups (broad SMARTS) is 1. The SMILES string of the molecule is O=C(O)C=Cc1cccc(Cn2cnc3ccccc32)c1. The largest absolute Gasteiger partial charge is 0.478 e. The van der Waals surface area contributed by atoms with Gasteiger partial charge in [0.2, 0.25) is 0 Å². The van der Waals surface area contributed by atoms with E-state index in [4.69, 9.17) is 5.11 Å². The minimum absolute atomic E-state index is 0.704. The fourth-order valence-electron chi connectivity index (χ4n) is 2.30. The second-order valence-corrected chi connectivity index (χ2v) is 4.78. The van der Waals surface area contributed by atoms with Crippen molar-refractivity contribution in [1.82, 2.24) is 9.55 Å². The predicted molar refractivity (Wildman–Crippen MR) is 81.9 cm³/mol.